The Morgan fingerprint density at radius 3 is 2.30 bits per heavy atom. The van der Waals surface area contributed by atoms with E-state index < -0.39 is 5.25 Å². The third kappa shape index (κ3) is 5.43. The van der Waals surface area contributed by atoms with Crippen molar-refractivity contribution in [2.24, 2.45) is 0 Å². The summed E-state index contributed by atoms with van der Waals surface area (Å²) in [6, 6.07) is 14.3. The molecule has 0 aromatic heterocycles. The van der Waals surface area contributed by atoms with Crippen LogP contribution in [-0.2, 0) is 6.42 Å². The topological polar surface area (TPSA) is 18.5 Å². The molecular formula is C18H20F2O2S. The van der Waals surface area contributed by atoms with Gasteiger partial charge in [-0.1, -0.05) is 36.0 Å². The second-order valence-electron chi connectivity index (χ2n) is 5.10. The number of alkyl halides is 2. The molecule has 0 unspecified atom stereocenters. The second kappa shape index (κ2) is 8.20. The molecule has 124 valence electrons. The van der Waals surface area contributed by atoms with Crippen LogP contribution in [0, 0.1) is 0 Å². The van der Waals surface area contributed by atoms with Crippen molar-refractivity contribution in [2.75, 3.05) is 14.2 Å². The van der Waals surface area contributed by atoms with Gasteiger partial charge < -0.3 is 9.47 Å². The SMILES string of the molecule is COc1ccc(CCCC(F)(F)Sc2ccccc2)cc1OC. The van der Waals surface area contributed by atoms with E-state index in [0.29, 0.717) is 41.0 Å². The summed E-state index contributed by atoms with van der Waals surface area (Å²) >= 11 is 0.617. The molecule has 5 heteroatoms. The van der Waals surface area contributed by atoms with Crippen molar-refractivity contribution in [3.05, 3.63) is 54.1 Å². The Balaban J connectivity index is 1.88. The summed E-state index contributed by atoms with van der Waals surface area (Å²) < 4.78 is 38.4. The van der Waals surface area contributed by atoms with Gasteiger partial charge in [-0.15, -0.1) is 0 Å². The van der Waals surface area contributed by atoms with Crippen molar-refractivity contribution < 1.29 is 18.3 Å². The maximum Gasteiger partial charge on any atom is 0.298 e. The zero-order valence-electron chi connectivity index (χ0n) is 13.2. The monoisotopic (exact) mass is 338 g/mol. The van der Waals surface area contributed by atoms with E-state index in [1.54, 1.807) is 44.6 Å². The fourth-order valence-corrected chi connectivity index (χ4v) is 3.13. The van der Waals surface area contributed by atoms with Crippen molar-refractivity contribution in [3.8, 4) is 11.5 Å². The van der Waals surface area contributed by atoms with Crippen LogP contribution in [0.2, 0.25) is 0 Å². The Kier molecular flexibility index (Phi) is 6.28. The van der Waals surface area contributed by atoms with Crippen LogP contribution in [0.3, 0.4) is 0 Å². The Labute approximate surface area is 139 Å². The van der Waals surface area contributed by atoms with Crippen LogP contribution in [-0.4, -0.2) is 19.5 Å². The van der Waals surface area contributed by atoms with Crippen LogP contribution in [0.15, 0.2) is 53.4 Å². The molecule has 0 aliphatic carbocycles. The minimum Gasteiger partial charge on any atom is -0.493 e. The van der Waals surface area contributed by atoms with Gasteiger partial charge in [0.25, 0.3) is 5.25 Å². The van der Waals surface area contributed by atoms with Crippen LogP contribution < -0.4 is 9.47 Å². The van der Waals surface area contributed by atoms with Crippen LogP contribution in [0.5, 0.6) is 11.5 Å². The van der Waals surface area contributed by atoms with Gasteiger partial charge in [-0.2, -0.15) is 8.78 Å². The largest absolute Gasteiger partial charge is 0.493 e. The molecule has 0 saturated carbocycles. The first-order valence-corrected chi connectivity index (χ1v) is 8.18. The van der Waals surface area contributed by atoms with Crippen LogP contribution in [0.1, 0.15) is 18.4 Å². The van der Waals surface area contributed by atoms with E-state index in [1.807, 2.05) is 18.2 Å². The van der Waals surface area contributed by atoms with Gasteiger partial charge in [0, 0.05) is 11.3 Å². The van der Waals surface area contributed by atoms with E-state index in [0.717, 1.165) is 5.56 Å². The number of hydrogen-bond acceptors (Lipinski definition) is 3. The summed E-state index contributed by atoms with van der Waals surface area (Å²) in [6.07, 6.45) is 0.814. The number of thioether (sulfide) groups is 1. The third-order valence-corrected chi connectivity index (χ3v) is 4.40. The average Bonchev–Trinajstić information content (AvgIpc) is 2.55. The van der Waals surface area contributed by atoms with Crippen molar-refractivity contribution in [3.63, 3.8) is 0 Å². The van der Waals surface area contributed by atoms with E-state index in [-0.39, 0.29) is 6.42 Å². The highest BCUT2D eigenvalue weighted by molar-refractivity contribution is 8.00. The van der Waals surface area contributed by atoms with E-state index in [9.17, 15) is 8.78 Å². The van der Waals surface area contributed by atoms with Crippen molar-refractivity contribution in [1.29, 1.82) is 0 Å². The van der Waals surface area contributed by atoms with E-state index in [1.165, 1.54) is 0 Å². The Morgan fingerprint density at radius 2 is 1.65 bits per heavy atom. The van der Waals surface area contributed by atoms with Crippen molar-refractivity contribution in [2.45, 2.75) is 29.4 Å². The quantitative estimate of drug-likeness (QED) is 0.600. The van der Waals surface area contributed by atoms with Gasteiger partial charge >= 0.3 is 0 Å². The highest BCUT2D eigenvalue weighted by Gasteiger charge is 2.29. The molecule has 0 aliphatic heterocycles. The summed E-state index contributed by atoms with van der Waals surface area (Å²) in [5.41, 5.74) is 0.961. The third-order valence-electron chi connectivity index (χ3n) is 3.39. The summed E-state index contributed by atoms with van der Waals surface area (Å²) in [6.45, 7) is 0. The lowest BCUT2D eigenvalue weighted by molar-refractivity contribution is 0.0932. The summed E-state index contributed by atoms with van der Waals surface area (Å²) in [5.74, 6) is 1.26. The zero-order valence-corrected chi connectivity index (χ0v) is 14.0. The van der Waals surface area contributed by atoms with Gasteiger partial charge in [0.2, 0.25) is 0 Å². The standard InChI is InChI=1S/C18H20F2O2S/c1-21-16-11-10-14(13-17(16)22-2)7-6-12-18(19,20)23-15-8-4-3-5-9-15/h3-5,8-11,13H,6-7,12H2,1-2H3. The van der Waals surface area contributed by atoms with E-state index >= 15 is 0 Å². The summed E-state index contributed by atoms with van der Waals surface area (Å²) in [7, 11) is 3.13. The fraction of sp³-hybridized carbons (Fsp3) is 0.333. The Morgan fingerprint density at radius 1 is 0.957 bits per heavy atom. The molecule has 0 saturated heterocycles. The van der Waals surface area contributed by atoms with E-state index in [4.69, 9.17) is 9.47 Å². The van der Waals surface area contributed by atoms with Crippen molar-refractivity contribution in [1.82, 2.24) is 0 Å². The lowest BCUT2D eigenvalue weighted by atomic mass is 10.1. The maximum atomic E-state index is 14.0. The van der Waals surface area contributed by atoms with Crippen LogP contribution in [0.4, 0.5) is 8.78 Å². The minimum absolute atomic E-state index is 0.166. The van der Waals surface area contributed by atoms with Crippen molar-refractivity contribution >= 4 is 11.8 Å². The predicted molar refractivity (Wildman–Crippen MR) is 89.7 cm³/mol. The van der Waals surface area contributed by atoms with Gasteiger partial charge in [0.15, 0.2) is 11.5 Å². The molecule has 0 radical (unpaired) electrons. The molecule has 0 atom stereocenters. The summed E-state index contributed by atoms with van der Waals surface area (Å²) in [4.78, 5) is 0.587. The molecule has 23 heavy (non-hydrogen) atoms. The molecule has 2 aromatic carbocycles. The molecule has 0 bridgehead atoms. The number of aryl methyl sites for hydroxylation is 1. The number of rotatable bonds is 8. The Bertz CT molecular complexity index is 618. The van der Waals surface area contributed by atoms with E-state index in [2.05, 4.69) is 0 Å². The molecule has 2 nitrogen and oxygen atoms in total. The fourth-order valence-electron chi connectivity index (χ4n) is 2.25. The Hall–Kier alpha value is -1.75. The lowest BCUT2D eigenvalue weighted by Gasteiger charge is -2.16. The normalized spacial score (nSPS) is 11.3. The molecular weight excluding hydrogens is 318 g/mol. The number of methoxy groups -OCH3 is 2. The number of ether oxygens (including phenoxy) is 2. The molecule has 0 N–H and O–H groups in total. The molecule has 0 aliphatic rings. The van der Waals surface area contributed by atoms with Gasteiger partial charge in [-0.3, -0.25) is 0 Å². The minimum atomic E-state index is -2.77. The smallest absolute Gasteiger partial charge is 0.298 e. The lowest BCUT2D eigenvalue weighted by Crippen LogP contribution is -2.10. The molecule has 2 rings (SSSR count). The summed E-state index contributed by atoms with van der Waals surface area (Å²) in [5, 5.41) is -2.77. The molecule has 0 heterocycles. The predicted octanol–water partition coefficient (Wildman–Crippen LogP) is 5.41. The average molecular weight is 338 g/mol. The number of halogens is 2. The van der Waals surface area contributed by atoms with Crippen LogP contribution >= 0.6 is 11.8 Å². The maximum absolute atomic E-state index is 14.0. The van der Waals surface area contributed by atoms with Gasteiger partial charge in [-0.25, -0.2) is 0 Å². The first kappa shape index (κ1) is 17.6. The highest BCUT2D eigenvalue weighted by atomic mass is 32.2. The molecule has 0 amide bonds. The number of hydrogen-bond donors (Lipinski definition) is 0. The number of benzene rings is 2. The first-order valence-electron chi connectivity index (χ1n) is 7.37. The highest BCUT2D eigenvalue weighted by Crippen LogP contribution is 2.39. The molecule has 2 aromatic rings. The molecule has 0 spiro atoms. The van der Waals surface area contributed by atoms with Gasteiger partial charge in [0.1, 0.15) is 0 Å². The molecule has 0 fully saturated rings. The van der Waals surface area contributed by atoms with Gasteiger partial charge in [-0.05, 0) is 42.7 Å². The van der Waals surface area contributed by atoms with Gasteiger partial charge in [0.05, 0.1) is 14.2 Å². The first-order chi connectivity index (χ1) is 11.0. The second-order valence-corrected chi connectivity index (χ2v) is 6.37. The van der Waals surface area contributed by atoms with Crippen LogP contribution in [0.25, 0.3) is 0 Å². The zero-order chi connectivity index (χ0) is 16.7.